The number of thiophene rings is 2. The van der Waals surface area contributed by atoms with E-state index in [1.54, 1.807) is 22.7 Å². The minimum absolute atomic E-state index is 0.369. The van der Waals surface area contributed by atoms with E-state index in [0.29, 0.717) is 12.3 Å². The Hall–Kier alpha value is -6.87. The monoisotopic (exact) mass is 771 g/mol. The zero-order valence-corrected chi connectivity index (χ0v) is 32.1. The highest BCUT2D eigenvalue weighted by atomic mass is 32.1. The molecule has 0 fully saturated rings. The van der Waals surface area contributed by atoms with Crippen LogP contribution in [0.25, 0.3) is 52.2 Å². The molecule has 4 heterocycles. The number of aliphatic imine (C=N–C) groups is 3. The molecule has 1 aliphatic rings. The second-order valence-electron chi connectivity index (χ2n) is 14.2. The molecule has 0 radical (unpaired) electrons. The summed E-state index contributed by atoms with van der Waals surface area (Å²) in [5.41, 5.74) is 14.5. The van der Waals surface area contributed by atoms with Gasteiger partial charge in [0.1, 0.15) is 28.7 Å². The van der Waals surface area contributed by atoms with Crippen molar-refractivity contribution in [3.8, 4) is 0 Å². The van der Waals surface area contributed by atoms with Crippen molar-refractivity contribution in [1.29, 1.82) is 0 Å². The van der Waals surface area contributed by atoms with Crippen LogP contribution >= 0.6 is 22.7 Å². The first-order valence-electron chi connectivity index (χ1n) is 18.9. The first kappa shape index (κ1) is 33.5. The van der Waals surface area contributed by atoms with Crippen LogP contribution in [0.3, 0.4) is 0 Å². The summed E-state index contributed by atoms with van der Waals surface area (Å²) in [6.45, 7) is 0. The van der Waals surface area contributed by atoms with Crippen molar-refractivity contribution in [3.05, 3.63) is 196 Å². The number of furan rings is 1. The Labute approximate surface area is 336 Å². The van der Waals surface area contributed by atoms with Crippen LogP contribution < -0.4 is 11.1 Å². The van der Waals surface area contributed by atoms with Crippen molar-refractivity contribution < 1.29 is 4.42 Å². The normalized spacial score (nSPS) is 14.7. The maximum atomic E-state index is 6.90. The molecule has 1 aliphatic heterocycles. The number of amidine groups is 3. The molecule has 11 rings (SSSR count). The molecule has 1 atom stereocenters. The van der Waals surface area contributed by atoms with Gasteiger partial charge in [-0.2, -0.15) is 0 Å². The number of benzene rings is 7. The van der Waals surface area contributed by atoms with Crippen LogP contribution in [0.15, 0.2) is 183 Å². The number of hydrogen-bond donors (Lipinski definition) is 2. The van der Waals surface area contributed by atoms with E-state index in [1.807, 2.05) is 66.7 Å². The number of nitrogens with zero attached hydrogens (tertiary/aromatic N) is 3. The van der Waals surface area contributed by atoms with Crippen molar-refractivity contribution in [2.75, 3.05) is 0 Å². The Morgan fingerprint density at radius 2 is 1.33 bits per heavy atom. The van der Waals surface area contributed by atoms with E-state index in [4.69, 9.17) is 25.1 Å². The van der Waals surface area contributed by atoms with E-state index in [9.17, 15) is 0 Å². The first-order valence-corrected chi connectivity index (χ1v) is 20.5. The molecule has 3 aromatic heterocycles. The summed E-state index contributed by atoms with van der Waals surface area (Å²) in [7, 11) is 0. The van der Waals surface area contributed by atoms with Gasteiger partial charge < -0.3 is 15.5 Å². The maximum Gasteiger partial charge on any atom is 0.169 e. The van der Waals surface area contributed by atoms with Gasteiger partial charge in [-0.25, -0.2) is 15.0 Å². The Morgan fingerprint density at radius 1 is 0.632 bits per heavy atom. The summed E-state index contributed by atoms with van der Waals surface area (Å²) < 4.78 is 9.96. The molecule has 0 saturated carbocycles. The van der Waals surface area contributed by atoms with Crippen molar-refractivity contribution >= 4 is 98.1 Å². The van der Waals surface area contributed by atoms with E-state index >= 15 is 0 Å². The minimum atomic E-state index is -0.369. The van der Waals surface area contributed by atoms with E-state index in [0.717, 1.165) is 71.8 Å². The molecule has 0 bridgehead atoms. The van der Waals surface area contributed by atoms with E-state index in [1.165, 1.54) is 30.4 Å². The highest BCUT2D eigenvalue weighted by molar-refractivity contribution is 7.26. The van der Waals surface area contributed by atoms with Crippen LogP contribution in [0.5, 0.6) is 0 Å². The minimum Gasteiger partial charge on any atom is -0.455 e. The van der Waals surface area contributed by atoms with Gasteiger partial charge in [-0.1, -0.05) is 127 Å². The largest absolute Gasteiger partial charge is 0.455 e. The zero-order valence-electron chi connectivity index (χ0n) is 30.5. The van der Waals surface area contributed by atoms with Crippen LogP contribution in [-0.2, 0) is 6.42 Å². The lowest BCUT2D eigenvalue weighted by Crippen LogP contribution is -2.36. The molecule has 8 heteroatoms. The fourth-order valence-corrected chi connectivity index (χ4v) is 10.2. The van der Waals surface area contributed by atoms with Crippen LogP contribution in [0.1, 0.15) is 38.9 Å². The first-order chi connectivity index (χ1) is 28.1. The molecule has 0 spiro atoms. The van der Waals surface area contributed by atoms with Crippen LogP contribution in [0.2, 0.25) is 0 Å². The average molecular weight is 772 g/mol. The smallest absolute Gasteiger partial charge is 0.169 e. The Morgan fingerprint density at radius 3 is 2.21 bits per heavy atom. The standard InChI is InChI=1S/C49H33N5OS2/c50-46(36-21-11-19-33-32-17-7-9-22-38(32)55-45(33)36)51-44-34-18-8-10-23-39(34)57-42(44)28-29-25-26-40-37(27-29)43-35(20-12-24-41(43)56-40)49-53-47(30-13-3-1-4-14-30)52-48(54-49)31-15-5-2-6-16-31/h1-27,47H,28H2,(H2,50,51)(H,52,53,54). The third-order valence-corrected chi connectivity index (χ3v) is 12.9. The van der Waals surface area contributed by atoms with Gasteiger partial charge in [-0.05, 0) is 47.5 Å². The van der Waals surface area contributed by atoms with Crippen LogP contribution in [-0.4, -0.2) is 17.5 Å². The Balaban J connectivity index is 1.01. The number of hydrogen-bond acceptors (Lipinski definition) is 7. The summed E-state index contributed by atoms with van der Waals surface area (Å²) in [5, 5.41) is 9.20. The summed E-state index contributed by atoms with van der Waals surface area (Å²) in [6.07, 6.45) is 0.335. The fraction of sp³-hybridized carbons (Fsp3) is 0.0408. The van der Waals surface area contributed by atoms with Crippen LogP contribution in [0.4, 0.5) is 5.69 Å². The summed E-state index contributed by atoms with van der Waals surface area (Å²) in [5.74, 6) is 2.05. The molecule has 0 aliphatic carbocycles. The van der Waals surface area contributed by atoms with Gasteiger partial charge in [0.05, 0.1) is 11.3 Å². The molecule has 0 saturated heterocycles. The highest BCUT2D eigenvalue weighted by Gasteiger charge is 2.23. The predicted octanol–water partition coefficient (Wildman–Crippen LogP) is 12.3. The van der Waals surface area contributed by atoms with Gasteiger partial charge in [0, 0.05) is 63.5 Å². The van der Waals surface area contributed by atoms with Gasteiger partial charge in [0.25, 0.3) is 0 Å². The molecule has 0 amide bonds. The number of rotatable bonds is 7. The van der Waals surface area contributed by atoms with Gasteiger partial charge in [0.2, 0.25) is 0 Å². The second kappa shape index (κ2) is 13.7. The van der Waals surface area contributed by atoms with E-state index < -0.39 is 0 Å². The lowest BCUT2D eigenvalue weighted by Gasteiger charge is -2.22. The lowest BCUT2D eigenvalue weighted by molar-refractivity contribution is 0.668. The molecule has 3 N–H and O–H groups in total. The third-order valence-electron chi connectivity index (χ3n) is 10.6. The van der Waals surface area contributed by atoms with Crippen molar-refractivity contribution in [1.82, 2.24) is 5.32 Å². The molecule has 6 nitrogen and oxygen atoms in total. The highest BCUT2D eigenvalue weighted by Crippen LogP contribution is 2.42. The third kappa shape index (κ3) is 5.89. The van der Waals surface area contributed by atoms with Gasteiger partial charge in [0.15, 0.2) is 6.17 Å². The zero-order chi connectivity index (χ0) is 37.9. The quantitative estimate of drug-likeness (QED) is 0.125. The molecule has 10 aromatic rings. The molecule has 1 unspecified atom stereocenters. The Kier molecular flexibility index (Phi) is 8.05. The SMILES string of the molecule is NC(=Nc1c(Cc2ccc3sc4cccc(C5=NC(c6ccccc6)N=C(c6ccccc6)N5)c4c3c2)sc2ccccc12)c1cccc2c1oc1ccccc12. The van der Waals surface area contributed by atoms with E-state index in [-0.39, 0.29) is 6.17 Å². The average Bonchev–Trinajstić information content (AvgIpc) is 3.95. The summed E-state index contributed by atoms with van der Waals surface area (Å²) in [4.78, 5) is 16.7. The van der Waals surface area contributed by atoms with E-state index in [2.05, 4.69) is 102 Å². The lowest BCUT2D eigenvalue weighted by atomic mass is 10.0. The summed E-state index contributed by atoms with van der Waals surface area (Å²) >= 11 is 3.58. The number of para-hydroxylation sites is 2. The predicted molar refractivity (Wildman–Crippen MR) is 240 cm³/mol. The summed E-state index contributed by atoms with van der Waals surface area (Å²) in [6, 6.07) is 56.6. The van der Waals surface area contributed by atoms with Crippen LogP contribution in [0, 0.1) is 0 Å². The Bertz CT molecular complexity index is 3260. The molecular weight excluding hydrogens is 739 g/mol. The molecule has 7 aromatic carbocycles. The van der Waals surface area contributed by atoms with Gasteiger partial charge >= 0.3 is 0 Å². The number of fused-ring (bicyclic) bond motifs is 7. The van der Waals surface area contributed by atoms with Gasteiger partial charge in [-0.15, -0.1) is 22.7 Å². The molecule has 57 heavy (non-hydrogen) atoms. The van der Waals surface area contributed by atoms with Crippen molar-refractivity contribution in [2.24, 2.45) is 20.7 Å². The van der Waals surface area contributed by atoms with Gasteiger partial charge in [-0.3, -0.25) is 0 Å². The number of nitrogens with two attached hydrogens (primary N) is 1. The second-order valence-corrected chi connectivity index (χ2v) is 16.4. The number of nitrogens with one attached hydrogen (secondary N) is 1. The topological polar surface area (TPSA) is 88.3 Å². The maximum absolute atomic E-state index is 6.90. The molecule has 272 valence electrons. The molecular formula is C49H33N5OS2. The van der Waals surface area contributed by atoms with Crippen molar-refractivity contribution in [3.63, 3.8) is 0 Å². The van der Waals surface area contributed by atoms with Crippen molar-refractivity contribution in [2.45, 2.75) is 12.6 Å². The fourth-order valence-electron chi connectivity index (χ4n) is 7.93.